The van der Waals surface area contributed by atoms with Gasteiger partial charge in [-0.1, -0.05) is 30.7 Å². The molecule has 3 aromatic rings. The first-order valence-corrected chi connectivity index (χ1v) is 10.7. The van der Waals surface area contributed by atoms with Gasteiger partial charge in [-0.3, -0.25) is 4.79 Å². The number of fused-ring (bicyclic) bond motifs is 1. The quantitative estimate of drug-likeness (QED) is 0.610. The summed E-state index contributed by atoms with van der Waals surface area (Å²) in [5.41, 5.74) is 2.49. The number of aromatic nitrogens is 1. The van der Waals surface area contributed by atoms with E-state index in [2.05, 4.69) is 10.3 Å². The van der Waals surface area contributed by atoms with Gasteiger partial charge in [0.1, 0.15) is 5.52 Å². The molecule has 1 amide bonds. The number of anilines is 1. The van der Waals surface area contributed by atoms with Gasteiger partial charge >= 0.3 is 0 Å². The molecular formula is C23H26ClN3O4. The van der Waals surface area contributed by atoms with Crippen LogP contribution in [0.2, 0.25) is 5.02 Å². The van der Waals surface area contributed by atoms with Crippen molar-refractivity contribution in [3.8, 4) is 5.75 Å². The van der Waals surface area contributed by atoms with Gasteiger partial charge in [0, 0.05) is 29.7 Å². The van der Waals surface area contributed by atoms with Gasteiger partial charge in [0.2, 0.25) is 0 Å². The highest BCUT2D eigenvalue weighted by atomic mass is 35.5. The molecule has 2 heterocycles. The zero-order valence-corrected chi connectivity index (χ0v) is 18.5. The van der Waals surface area contributed by atoms with E-state index in [0.717, 1.165) is 5.56 Å². The van der Waals surface area contributed by atoms with E-state index < -0.39 is 0 Å². The lowest BCUT2D eigenvalue weighted by Crippen LogP contribution is -2.50. The Hall–Kier alpha value is -2.77. The van der Waals surface area contributed by atoms with Gasteiger partial charge in [-0.2, -0.15) is 4.98 Å². The van der Waals surface area contributed by atoms with Crippen LogP contribution >= 0.6 is 11.6 Å². The number of oxazole rings is 1. The maximum absolute atomic E-state index is 13.2. The molecule has 2 N–H and O–H groups in total. The van der Waals surface area contributed by atoms with Crippen molar-refractivity contribution in [3.63, 3.8) is 0 Å². The van der Waals surface area contributed by atoms with Crippen LogP contribution in [0.3, 0.4) is 0 Å². The summed E-state index contributed by atoms with van der Waals surface area (Å²) in [6.45, 7) is 4.91. The number of hydrogen-bond acceptors (Lipinski definition) is 6. The highest BCUT2D eigenvalue weighted by Gasteiger charge is 2.33. The number of carbonyl (C=O) groups excluding carboxylic acids is 1. The number of hydrogen-bond donors (Lipinski definition) is 2. The molecule has 164 valence electrons. The molecule has 1 aromatic heterocycles. The second kappa shape index (κ2) is 8.77. The van der Waals surface area contributed by atoms with Crippen LogP contribution in [0, 0.1) is 5.92 Å². The summed E-state index contributed by atoms with van der Waals surface area (Å²) in [5, 5.41) is 13.9. The Morgan fingerprint density at radius 3 is 2.90 bits per heavy atom. The topological polar surface area (TPSA) is 87.8 Å². The van der Waals surface area contributed by atoms with E-state index >= 15 is 0 Å². The van der Waals surface area contributed by atoms with Crippen molar-refractivity contribution in [3.05, 3.63) is 52.5 Å². The van der Waals surface area contributed by atoms with Crippen molar-refractivity contribution in [1.82, 2.24) is 9.88 Å². The molecule has 0 aliphatic carbocycles. The van der Waals surface area contributed by atoms with Crippen LogP contribution in [-0.2, 0) is 6.54 Å². The molecule has 1 aliphatic heterocycles. The summed E-state index contributed by atoms with van der Waals surface area (Å²) in [5.74, 6) is 0.366. The van der Waals surface area contributed by atoms with Gasteiger partial charge in [0.15, 0.2) is 11.3 Å². The Morgan fingerprint density at radius 2 is 2.16 bits per heavy atom. The van der Waals surface area contributed by atoms with Gasteiger partial charge in [-0.25, -0.2) is 0 Å². The minimum absolute atomic E-state index is 0.0279. The average molecular weight is 444 g/mol. The molecule has 8 heteroatoms. The molecule has 3 unspecified atom stereocenters. The number of carbonyl (C=O) groups is 1. The van der Waals surface area contributed by atoms with E-state index in [1.807, 2.05) is 38.1 Å². The number of ether oxygens (including phenoxy) is 1. The van der Waals surface area contributed by atoms with Crippen molar-refractivity contribution >= 4 is 34.6 Å². The molecular weight excluding hydrogens is 418 g/mol. The highest BCUT2D eigenvalue weighted by Crippen LogP contribution is 2.32. The molecule has 31 heavy (non-hydrogen) atoms. The first kappa shape index (κ1) is 21.5. The van der Waals surface area contributed by atoms with Gasteiger partial charge in [-0.15, -0.1) is 0 Å². The number of nitrogens with one attached hydrogen (secondary N) is 1. The van der Waals surface area contributed by atoms with E-state index in [0.29, 0.717) is 53.0 Å². The number of halogens is 1. The van der Waals surface area contributed by atoms with Crippen molar-refractivity contribution in [1.29, 1.82) is 0 Å². The van der Waals surface area contributed by atoms with E-state index in [1.54, 1.807) is 17.0 Å². The zero-order valence-electron chi connectivity index (χ0n) is 17.8. The fraction of sp³-hybridized carbons (Fsp3) is 0.391. The van der Waals surface area contributed by atoms with E-state index in [4.69, 9.17) is 20.8 Å². The first-order valence-electron chi connectivity index (χ1n) is 10.3. The molecule has 0 bridgehead atoms. The summed E-state index contributed by atoms with van der Waals surface area (Å²) in [6.07, 6.45) is 0.174. The maximum atomic E-state index is 13.2. The zero-order chi connectivity index (χ0) is 22.1. The number of aliphatic hydroxyl groups excluding tert-OH is 1. The Morgan fingerprint density at radius 1 is 1.35 bits per heavy atom. The van der Waals surface area contributed by atoms with Crippen molar-refractivity contribution in [2.24, 2.45) is 5.92 Å². The minimum atomic E-state index is -0.389. The largest absolute Gasteiger partial charge is 0.493 e. The standard InChI is InChI=1S/C23H26ClN3O4/c1-13-12-27(14(2)7-19(13)28)22(29)16-9-18-21(20(10-16)30-3)31-23(26-18)25-11-15-5-4-6-17(24)8-15/h4-6,8-10,13-14,19,28H,7,11-12H2,1-3H3,(H,25,26). The number of methoxy groups -OCH3 is 1. The van der Waals surface area contributed by atoms with Crippen LogP contribution in [0.4, 0.5) is 6.01 Å². The Bertz CT molecular complexity index is 1100. The second-order valence-corrected chi connectivity index (χ2v) is 8.55. The molecule has 7 nitrogen and oxygen atoms in total. The molecule has 2 aromatic carbocycles. The number of piperidine rings is 1. The Labute approximate surface area is 186 Å². The van der Waals surface area contributed by atoms with Gasteiger partial charge in [-0.05, 0) is 49.1 Å². The first-order chi connectivity index (χ1) is 14.9. The maximum Gasteiger partial charge on any atom is 0.296 e. The van der Waals surface area contributed by atoms with Gasteiger partial charge in [0.25, 0.3) is 11.9 Å². The Balaban J connectivity index is 1.59. The third kappa shape index (κ3) is 4.48. The van der Waals surface area contributed by atoms with Crippen LogP contribution < -0.4 is 10.1 Å². The lowest BCUT2D eigenvalue weighted by Gasteiger charge is -2.39. The molecule has 1 aliphatic rings. The summed E-state index contributed by atoms with van der Waals surface area (Å²) in [4.78, 5) is 19.5. The summed E-state index contributed by atoms with van der Waals surface area (Å²) in [7, 11) is 1.53. The number of nitrogens with zero attached hydrogens (tertiary/aromatic N) is 2. The van der Waals surface area contributed by atoms with E-state index in [9.17, 15) is 9.90 Å². The molecule has 0 spiro atoms. The van der Waals surface area contributed by atoms with Crippen LogP contribution in [-0.4, -0.2) is 46.7 Å². The fourth-order valence-corrected chi connectivity index (χ4v) is 4.16. The van der Waals surface area contributed by atoms with Crippen molar-refractivity contribution in [2.75, 3.05) is 19.0 Å². The number of rotatable bonds is 5. The average Bonchev–Trinajstić information content (AvgIpc) is 3.17. The minimum Gasteiger partial charge on any atom is -0.493 e. The summed E-state index contributed by atoms with van der Waals surface area (Å²) in [6, 6.07) is 11.2. The molecule has 0 saturated carbocycles. The summed E-state index contributed by atoms with van der Waals surface area (Å²) >= 11 is 6.04. The van der Waals surface area contributed by atoms with Gasteiger partial charge < -0.3 is 24.5 Å². The Kier molecular flexibility index (Phi) is 6.07. The summed E-state index contributed by atoms with van der Waals surface area (Å²) < 4.78 is 11.3. The molecule has 1 saturated heterocycles. The lowest BCUT2D eigenvalue weighted by atomic mass is 9.91. The predicted octanol–water partition coefficient (Wildman–Crippen LogP) is 4.33. The normalized spacial score (nSPS) is 21.3. The molecule has 0 radical (unpaired) electrons. The lowest BCUT2D eigenvalue weighted by molar-refractivity contribution is 0.00828. The predicted molar refractivity (Wildman–Crippen MR) is 120 cm³/mol. The van der Waals surface area contributed by atoms with Crippen LogP contribution in [0.5, 0.6) is 5.75 Å². The monoisotopic (exact) mass is 443 g/mol. The third-order valence-electron chi connectivity index (χ3n) is 5.77. The molecule has 3 atom stereocenters. The number of aliphatic hydroxyl groups is 1. The van der Waals surface area contributed by atoms with E-state index in [-0.39, 0.29) is 24.0 Å². The molecule has 4 rings (SSSR count). The van der Waals surface area contributed by atoms with Crippen LogP contribution in [0.1, 0.15) is 36.2 Å². The van der Waals surface area contributed by atoms with Crippen LogP contribution in [0.25, 0.3) is 11.1 Å². The third-order valence-corrected chi connectivity index (χ3v) is 6.01. The fourth-order valence-electron chi connectivity index (χ4n) is 3.95. The van der Waals surface area contributed by atoms with Crippen molar-refractivity contribution < 1.29 is 19.1 Å². The second-order valence-electron chi connectivity index (χ2n) is 8.12. The van der Waals surface area contributed by atoms with E-state index in [1.165, 1.54) is 7.11 Å². The SMILES string of the molecule is COc1cc(C(=O)N2CC(C)C(O)CC2C)cc2nc(NCc3cccc(Cl)c3)oc12. The number of benzene rings is 2. The molecule has 1 fully saturated rings. The number of amides is 1. The van der Waals surface area contributed by atoms with Crippen LogP contribution in [0.15, 0.2) is 40.8 Å². The van der Waals surface area contributed by atoms with Crippen molar-refractivity contribution in [2.45, 2.75) is 39.0 Å². The number of likely N-dealkylation sites (tertiary alicyclic amines) is 1. The highest BCUT2D eigenvalue weighted by molar-refractivity contribution is 6.30. The van der Waals surface area contributed by atoms with Gasteiger partial charge in [0.05, 0.1) is 13.2 Å². The smallest absolute Gasteiger partial charge is 0.296 e.